The molecule has 3 aromatic heterocycles. The summed E-state index contributed by atoms with van der Waals surface area (Å²) in [5, 5.41) is 12.8. The maximum Gasteiger partial charge on any atom is 0.236 e. The molecule has 0 aliphatic carbocycles. The maximum absolute atomic E-state index is 12.3. The molecule has 0 fully saturated rings. The lowest BCUT2D eigenvalue weighted by molar-refractivity contribution is -0.115. The zero-order valence-corrected chi connectivity index (χ0v) is 13.7. The molecule has 6 nitrogen and oxygen atoms in total. The third kappa shape index (κ3) is 2.69. The lowest BCUT2D eigenvalue weighted by Crippen LogP contribution is -2.15. The van der Waals surface area contributed by atoms with E-state index in [9.17, 15) is 4.79 Å². The molecule has 24 heavy (non-hydrogen) atoms. The number of anilines is 1. The molecule has 0 saturated heterocycles. The Labute approximate surface area is 141 Å². The van der Waals surface area contributed by atoms with E-state index < -0.39 is 0 Å². The van der Waals surface area contributed by atoms with Gasteiger partial charge in [-0.25, -0.2) is 4.98 Å². The standard InChI is InChI=1S/C17H14N4O2S/c1-10-4-5-13(16-12(10)8-18-21-16)20-15(22)7-11-9-23-17(19-11)14-3-2-6-24-14/h2-6,8-9H,7H2,1H3,(H,18,21)(H,20,22). The molecule has 0 aliphatic heterocycles. The van der Waals surface area contributed by atoms with Crippen LogP contribution in [0.5, 0.6) is 0 Å². The number of carbonyl (C=O) groups excluding carboxylic acids is 1. The highest BCUT2D eigenvalue weighted by Gasteiger charge is 2.13. The van der Waals surface area contributed by atoms with Crippen LogP contribution in [0.3, 0.4) is 0 Å². The number of aromatic nitrogens is 3. The SMILES string of the molecule is Cc1ccc(NC(=O)Cc2coc(-c3cccs3)n2)c2[nH]ncc12. The van der Waals surface area contributed by atoms with Crippen molar-refractivity contribution in [2.45, 2.75) is 13.3 Å². The Balaban J connectivity index is 1.50. The molecule has 1 amide bonds. The number of hydrogen-bond acceptors (Lipinski definition) is 5. The quantitative estimate of drug-likeness (QED) is 0.593. The highest BCUT2D eigenvalue weighted by atomic mass is 32.1. The predicted octanol–water partition coefficient (Wildman–Crippen LogP) is 3.77. The van der Waals surface area contributed by atoms with Crippen molar-refractivity contribution in [3.63, 3.8) is 0 Å². The average molecular weight is 338 g/mol. The second-order valence-electron chi connectivity index (χ2n) is 5.43. The topological polar surface area (TPSA) is 83.8 Å². The molecule has 120 valence electrons. The van der Waals surface area contributed by atoms with Crippen LogP contribution in [0.1, 0.15) is 11.3 Å². The van der Waals surface area contributed by atoms with E-state index in [2.05, 4.69) is 20.5 Å². The Morgan fingerprint density at radius 2 is 2.29 bits per heavy atom. The molecule has 0 saturated carbocycles. The highest BCUT2D eigenvalue weighted by Crippen LogP contribution is 2.25. The fraction of sp³-hybridized carbons (Fsp3) is 0.118. The number of hydrogen-bond donors (Lipinski definition) is 2. The van der Waals surface area contributed by atoms with Gasteiger partial charge in [-0.2, -0.15) is 5.10 Å². The largest absolute Gasteiger partial charge is 0.444 e. The van der Waals surface area contributed by atoms with Crippen LogP contribution in [0.25, 0.3) is 21.7 Å². The minimum absolute atomic E-state index is 0.151. The molecule has 0 atom stereocenters. The number of carbonyl (C=O) groups is 1. The molecule has 3 heterocycles. The number of aryl methyl sites for hydroxylation is 1. The summed E-state index contributed by atoms with van der Waals surface area (Å²) >= 11 is 1.55. The van der Waals surface area contributed by atoms with Crippen LogP contribution in [-0.4, -0.2) is 21.1 Å². The monoisotopic (exact) mass is 338 g/mol. The number of nitrogens with one attached hydrogen (secondary N) is 2. The predicted molar refractivity (Wildman–Crippen MR) is 93.0 cm³/mol. The first-order valence-electron chi connectivity index (χ1n) is 7.41. The zero-order chi connectivity index (χ0) is 16.5. The fourth-order valence-corrected chi connectivity index (χ4v) is 3.19. The first-order valence-corrected chi connectivity index (χ1v) is 8.29. The highest BCUT2D eigenvalue weighted by molar-refractivity contribution is 7.13. The Kier molecular flexibility index (Phi) is 3.62. The van der Waals surface area contributed by atoms with E-state index in [0.717, 1.165) is 21.3 Å². The molecule has 0 radical (unpaired) electrons. The van der Waals surface area contributed by atoms with Gasteiger partial charge in [0.2, 0.25) is 11.8 Å². The van der Waals surface area contributed by atoms with Crippen LogP contribution in [-0.2, 0) is 11.2 Å². The molecule has 4 aromatic rings. The lowest BCUT2D eigenvalue weighted by atomic mass is 10.1. The van der Waals surface area contributed by atoms with E-state index in [4.69, 9.17) is 4.42 Å². The summed E-state index contributed by atoms with van der Waals surface area (Å²) in [6.07, 6.45) is 3.43. The number of H-pyrrole nitrogens is 1. The van der Waals surface area contributed by atoms with Gasteiger partial charge in [-0.1, -0.05) is 12.1 Å². The second kappa shape index (κ2) is 5.93. The van der Waals surface area contributed by atoms with Crippen molar-refractivity contribution in [2.75, 3.05) is 5.32 Å². The van der Waals surface area contributed by atoms with Crippen molar-refractivity contribution in [2.24, 2.45) is 0 Å². The van der Waals surface area contributed by atoms with Gasteiger partial charge in [-0.3, -0.25) is 9.89 Å². The molecule has 4 rings (SSSR count). The van der Waals surface area contributed by atoms with E-state index in [1.807, 2.05) is 36.6 Å². The summed E-state index contributed by atoms with van der Waals surface area (Å²) in [5.74, 6) is 0.389. The van der Waals surface area contributed by atoms with Crippen LogP contribution in [0.15, 0.2) is 46.5 Å². The molecule has 0 spiro atoms. The second-order valence-corrected chi connectivity index (χ2v) is 6.38. The van der Waals surface area contributed by atoms with Gasteiger partial charge >= 0.3 is 0 Å². The van der Waals surface area contributed by atoms with Crippen LogP contribution >= 0.6 is 11.3 Å². The first kappa shape index (κ1) is 14.6. The third-order valence-corrected chi connectivity index (χ3v) is 4.59. The van der Waals surface area contributed by atoms with E-state index in [1.54, 1.807) is 17.5 Å². The average Bonchev–Trinajstić information content (AvgIpc) is 3.30. The van der Waals surface area contributed by atoms with Gasteiger partial charge < -0.3 is 9.73 Å². The Morgan fingerprint density at radius 3 is 3.12 bits per heavy atom. The molecule has 2 N–H and O–H groups in total. The van der Waals surface area contributed by atoms with Gasteiger partial charge in [0, 0.05) is 5.39 Å². The Morgan fingerprint density at radius 1 is 1.38 bits per heavy atom. The zero-order valence-electron chi connectivity index (χ0n) is 12.9. The van der Waals surface area contributed by atoms with Crippen molar-refractivity contribution in [1.82, 2.24) is 15.2 Å². The summed E-state index contributed by atoms with van der Waals surface area (Å²) in [5.41, 5.74) is 3.24. The molecule has 1 aromatic carbocycles. The summed E-state index contributed by atoms with van der Waals surface area (Å²) in [6, 6.07) is 7.69. The van der Waals surface area contributed by atoms with Crippen molar-refractivity contribution < 1.29 is 9.21 Å². The van der Waals surface area contributed by atoms with Crippen LogP contribution in [0.4, 0.5) is 5.69 Å². The number of amides is 1. The van der Waals surface area contributed by atoms with Gasteiger partial charge in [0.25, 0.3) is 0 Å². The van der Waals surface area contributed by atoms with Crippen molar-refractivity contribution in [3.8, 4) is 10.8 Å². The molecule has 0 bridgehead atoms. The number of aromatic amines is 1. The van der Waals surface area contributed by atoms with Gasteiger partial charge in [0.1, 0.15) is 6.26 Å². The number of nitrogens with zero attached hydrogens (tertiary/aromatic N) is 2. The lowest BCUT2D eigenvalue weighted by Gasteiger charge is -2.06. The molecule has 0 unspecified atom stereocenters. The Bertz CT molecular complexity index is 1000. The van der Waals surface area contributed by atoms with Gasteiger partial charge in [0.05, 0.1) is 34.4 Å². The smallest absolute Gasteiger partial charge is 0.236 e. The van der Waals surface area contributed by atoms with E-state index in [0.29, 0.717) is 17.3 Å². The fourth-order valence-electron chi connectivity index (χ4n) is 2.54. The van der Waals surface area contributed by atoms with Crippen molar-refractivity contribution >= 4 is 33.8 Å². The normalized spacial score (nSPS) is 11.0. The van der Waals surface area contributed by atoms with Crippen LogP contribution in [0.2, 0.25) is 0 Å². The molecule has 0 aliphatic rings. The third-order valence-electron chi connectivity index (χ3n) is 3.73. The first-order chi connectivity index (χ1) is 11.7. The molecule has 7 heteroatoms. The van der Waals surface area contributed by atoms with Crippen LogP contribution in [0, 0.1) is 6.92 Å². The number of fused-ring (bicyclic) bond motifs is 1. The molecular formula is C17H14N4O2S. The van der Waals surface area contributed by atoms with Gasteiger partial charge in [-0.05, 0) is 30.0 Å². The van der Waals surface area contributed by atoms with Crippen molar-refractivity contribution in [3.05, 3.63) is 53.4 Å². The number of benzene rings is 1. The molecular weight excluding hydrogens is 324 g/mol. The Hall–Kier alpha value is -2.93. The van der Waals surface area contributed by atoms with Gasteiger partial charge in [-0.15, -0.1) is 11.3 Å². The maximum atomic E-state index is 12.3. The summed E-state index contributed by atoms with van der Waals surface area (Å²) in [4.78, 5) is 17.6. The number of oxazole rings is 1. The summed E-state index contributed by atoms with van der Waals surface area (Å²) in [6.45, 7) is 2.00. The summed E-state index contributed by atoms with van der Waals surface area (Å²) < 4.78 is 5.44. The number of rotatable bonds is 4. The number of thiophene rings is 1. The summed E-state index contributed by atoms with van der Waals surface area (Å²) in [7, 11) is 0. The van der Waals surface area contributed by atoms with E-state index >= 15 is 0 Å². The van der Waals surface area contributed by atoms with E-state index in [1.165, 1.54) is 6.26 Å². The van der Waals surface area contributed by atoms with Crippen LogP contribution < -0.4 is 5.32 Å². The van der Waals surface area contributed by atoms with E-state index in [-0.39, 0.29) is 12.3 Å². The van der Waals surface area contributed by atoms with Crippen molar-refractivity contribution in [1.29, 1.82) is 0 Å². The minimum Gasteiger partial charge on any atom is -0.444 e. The minimum atomic E-state index is -0.152. The van der Waals surface area contributed by atoms with Gasteiger partial charge in [0.15, 0.2) is 0 Å².